The summed E-state index contributed by atoms with van der Waals surface area (Å²) in [6.45, 7) is 7.90. The van der Waals surface area contributed by atoms with Crippen molar-refractivity contribution >= 4 is 5.69 Å². The highest BCUT2D eigenvalue weighted by Crippen LogP contribution is 2.29. The van der Waals surface area contributed by atoms with E-state index in [1.54, 1.807) is 0 Å². The van der Waals surface area contributed by atoms with Crippen molar-refractivity contribution in [3.63, 3.8) is 0 Å². The third-order valence-electron chi connectivity index (χ3n) is 2.99. The van der Waals surface area contributed by atoms with Gasteiger partial charge in [0.1, 0.15) is 11.5 Å². The average molecular weight is 286 g/mol. The van der Waals surface area contributed by atoms with Gasteiger partial charge in [0.2, 0.25) is 0 Å². The summed E-state index contributed by atoms with van der Waals surface area (Å²) in [4.78, 5) is 4.39. The van der Waals surface area contributed by atoms with Gasteiger partial charge in [0.15, 0.2) is 0 Å². The van der Waals surface area contributed by atoms with E-state index in [-0.39, 0.29) is 0 Å². The molecular formula is C17H22N2O2. The van der Waals surface area contributed by atoms with Gasteiger partial charge in [-0.3, -0.25) is 4.98 Å². The number of aryl methyl sites for hydroxylation is 1. The zero-order valence-corrected chi connectivity index (χ0v) is 12.8. The maximum atomic E-state index is 5.64. The number of benzene rings is 1. The fraction of sp³-hybridized carbons (Fsp3) is 0.353. The van der Waals surface area contributed by atoms with Crippen LogP contribution in [0.2, 0.25) is 0 Å². The molecule has 2 rings (SSSR count). The Hall–Kier alpha value is -2.23. The van der Waals surface area contributed by atoms with E-state index in [0.29, 0.717) is 19.8 Å². The van der Waals surface area contributed by atoms with Crippen LogP contribution in [0, 0.1) is 6.92 Å². The standard InChI is InChI=1S/C17H22N2O2/c1-4-20-15-8-9-17(21-5-2)16(10-15)19-12-14-7-6-13(3)11-18-14/h6-11,19H,4-5,12H2,1-3H3. The second-order valence-electron chi connectivity index (χ2n) is 4.70. The number of ether oxygens (including phenoxy) is 2. The first kappa shape index (κ1) is 15.2. The van der Waals surface area contributed by atoms with Crippen LogP contribution in [0.1, 0.15) is 25.1 Å². The Balaban J connectivity index is 2.11. The molecule has 0 aliphatic carbocycles. The summed E-state index contributed by atoms with van der Waals surface area (Å²) < 4.78 is 11.2. The minimum atomic E-state index is 0.630. The first-order chi connectivity index (χ1) is 10.2. The Kier molecular flexibility index (Phi) is 5.43. The minimum Gasteiger partial charge on any atom is -0.494 e. The molecule has 0 bridgehead atoms. The third-order valence-corrected chi connectivity index (χ3v) is 2.99. The molecule has 21 heavy (non-hydrogen) atoms. The summed E-state index contributed by atoms with van der Waals surface area (Å²) >= 11 is 0. The zero-order chi connectivity index (χ0) is 15.1. The number of hydrogen-bond donors (Lipinski definition) is 1. The predicted octanol–water partition coefficient (Wildman–Crippen LogP) is 3.80. The normalized spacial score (nSPS) is 10.2. The van der Waals surface area contributed by atoms with Crippen molar-refractivity contribution in [2.45, 2.75) is 27.3 Å². The van der Waals surface area contributed by atoms with Crippen LogP contribution in [-0.2, 0) is 6.54 Å². The lowest BCUT2D eigenvalue weighted by atomic mass is 10.2. The Labute approximate surface area is 126 Å². The molecule has 0 saturated carbocycles. The molecule has 1 aromatic heterocycles. The summed E-state index contributed by atoms with van der Waals surface area (Å²) in [5, 5.41) is 3.37. The smallest absolute Gasteiger partial charge is 0.142 e. The first-order valence-corrected chi connectivity index (χ1v) is 7.28. The average Bonchev–Trinajstić information content (AvgIpc) is 2.49. The molecule has 0 spiro atoms. The highest BCUT2D eigenvalue weighted by molar-refractivity contribution is 5.59. The number of pyridine rings is 1. The van der Waals surface area contributed by atoms with E-state index < -0.39 is 0 Å². The lowest BCUT2D eigenvalue weighted by molar-refractivity contribution is 0.332. The molecular weight excluding hydrogens is 264 g/mol. The van der Waals surface area contributed by atoms with Crippen LogP contribution in [0.5, 0.6) is 11.5 Å². The van der Waals surface area contributed by atoms with Crippen LogP contribution < -0.4 is 14.8 Å². The van der Waals surface area contributed by atoms with E-state index in [4.69, 9.17) is 9.47 Å². The topological polar surface area (TPSA) is 43.4 Å². The highest BCUT2D eigenvalue weighted by atomic mass is 16.5. The van der Waals surface area contributed by atoms with Crippen LogP contribution in [0.4, 0.5) is 5.69 Å². The van der Waals surface area contributed by atoms with E-state index in [0.717, 1.165) is 28.4 Å². The predicted molar refractivity (Wildman–Crippen MR) is 85.1 cm³/mol. The monoisotopic (exact) mass is 286 g/mol. The molecule has 0 saturated heterocycles. The van der Waals surface area contributed by atoms with Crippen molar-refractivity contribution < 1.29 is 9.47 Å². The van der Waals surface area contributed by atoms with Gasteiger partial charge in [-0.25, -0.2) is 0 Å². The van der Waals surface area contributed by atoms with Crippen molar-refractivity contribution in [3.05, 3.63) is 47.8 Å². The van der Waals surface area contributed by atoms with Gasteiger partial charge in [-0.05, 0) is 44.5 Å². The van der Waals surface area contributed by atoms with Gasteiger partial charge in [0, 0.05) is 12.3 Å². The summed E-state index contributed by atoms with van der Waals surface area (Å²) in [5.74, 6) is 1.66. The fourth-order valence-corrected chi connectivity index (χ4v) is 1.97. The molecule has 0 fully saturated rings. The van der Waals surface area contributed by atoms with Gasteiger partial charge in [-0.15, -0.1) is 0 Å². The van der Waals surface area contributed by atoms with Crippen molar-refractivity contribution in [2.75, 3.05) is 18.5 Å². The third kappa shape index (κ3) is 4.38. The Morgan fingerprint density at radius 1 is 1.05 bits per heavy atom. The van der Waals surface area contributed by atoms with E-state index in [1.807, 2.05) is 51.2 Å². The Bertz CT molecular complexity index is 568. The maximum Gasteiger partial charge on any atom is 0.142 e. The van der Waals surface area contributed by atoms with Gasteiger partial charge in [0.05, 0.1) is 31.1 Å². The van der Waals surface area contributed by atoms with Crippen molar-refractivity contribution in [1.82, 2.24) is 4.98 Å². The van der Waals surface area contributed by atoms with E-state index in [2.05, 4.69) is 16.4 Å². The second kappa shape index (κ2) is 7.53. The summed E-state index contributed by atoms with van der Waals surface area (Å²) in [5.41, 5.74) is 3.07. The first-order valence-electron chi connectivity index (χ1n) is 7.28. The number of rotatable bonds is 7. The molecule has 1 aromatic carbocycles. The molecule has 1 heterocycles. The van der Waals surface area contributed by atoms with Gasteiger partial charge in [-0.2, -0.15) is 0 Å². The second-order valence-corrected chi connectivity index (χ2v) is 4.70. The number of anilines is 1. The fourth-order valence-electron chi connectivity index (χ4n) is 1.97. The van der Waals surface area contributed by atoms with E-state index in [9.17, 15) is 0 Å². The van der Waals surface area contributed by atoms with Crippen LogP contribution in [0.15, 0.2) is 36.5 Å². The van der Waals surface area contributed by atoms with Crippen molar-refractivity contribution in [1.29, 1.82) is 0 Å². The molecule has 0 unspecified atom stereocenters. The highest BCUT2D eigenvalue weighted by Gasteiger charge is 2.06. The molecule has 1 N–H and O–H groups in total. The number of hydrogen-bond acceptors (Lipinski definition) is 4. The van der Waals surface area contributed by atoms with E-state index >= 15 is 0 Å². The van der Waals surface area contributed by atoms with Gasteiger partial charge < -0.3 is 14.8 Å². The molecule has 4 nitrogen and oxygen atoms in total. The molecule has 0 radical (unpaired) electrons. The molecule has 0 amide bonds. The van der Waals surface area contributed by atoms with Crippen LogP contribution in [-0.4, -0.2) is 18.2 Å². The maximum absolute atomic E-state index is 5.64. The molecule has 112 valence electrons. The van der Waals surface area contributed by atoms with Crippen molar-refractivity contribution in [3.8, 4) is 11.5 Å². The Morgan fingerprint density at radius 3 is 2.52 bits per heavy atom. The van der Waals surface area contributed by atoms with Crippen LogP contribution in [0.3, 0.4) is 0 Å². The molecule has 4 heteroatoms. The lowest BCUT2D eigenvalue weighted by Crippen LogP contribution is -2.05. The number of nitrogens with one attached hydrogen (secondary N) is 1. The zero-order valence-electron chi connectivity index (χ0n) is 12.8. The Morgan fingerprint density at radius 2 is 1.86 bits per heavy atom. The number of aromatic nitrogens is 1. The van der Waals surface area contributed by atoms with E-state index in [1.165, 1.54) is 0 Å². The lowest BCUT2D eigenvalue weighted by Gasteiger charge is -2.14. The molecule has 0 aliphatic rings. The van der Waals surface area contributed by atoms with Crippen LogP contribution in [0.25, 0.3) is 0 Å². The molecule has 0 atom stereocenters. The minimum absolute atomic E-state index is 0.630. The summed E-state index contributed by atoms with van der Waals surface area (Å²) in [6.07, 6.45) is 1.87. The summed E-state index contributed by atoms with van der Waals surface area (Å²) in [6, 6.07) is 9.89. The van der Waals surface area contributed by atoms with Gasteiger partial charge in [-0.1, -0.05) is 6.07 Å². The largest absolute Gasteiger partial charge is 0.494 e. The van der Waals surface area contributed by atoms with Crippen LogP contribution >= 0.6 is 0 Å². The molecule has 0 aliphatic heterocycles. The summed E-state index contributed by atoms with van der Waals surface area (Å²) in [7, 11) is 0. The van der Waals surface area contributed by atoms with Gasteiger partial charge in [0.25, 0.3) is 0 Å². The quantitative estimate of drug-likeness (QED) is 0.840. The van der Waals surface area contributed by atoms with Gasteiger partial charge >= 0.3 is 0 Å². The van der Waals surface area contributed by atoms with Crippen molar-refractivity contribution in [2.24, 2.45) is 0 Å². The molecule has 2 aromatic rings. The number of nitrogens with zero attached hydrogens (tertiary/aromatic N) is 1. The SMILES string of the molecule is CCOc1ccc(OCC)c(NCc2ccc(C)cn2)c1.